The first kappa shape index (κ1) is 20.5. The molecule has 0 unspecified atom stereocenters. The van der Waals surface area contributed by atoms with Crippen LogP contribution in [0.4, 0.5) is 24.7 Å². The summed E-state index contributed by atoms with van der Waals surface area (Å²) in [5.74, 6) is 6.40. The first-order valence-electron chi connectivity index (χ1n) is 9.96. The Labute approximate surface area is 186 Å². The lowest BCUT2D eigenvalue weighted by molar-refractivity contribution is -0.137. The molecule has 0 saturated heterocycles. The molecule has 0 bridgehead atoms. The Morgan fingerprint density at radius 3 is 2.61 bits per heavy atom. The highest BCUT2D eigenvalue weighted by molar-refractivity contribution is 5.94. The van der Waals surface area contributed by atoms with Crippen LogP contribution in [0.2, 0.25) is 0 Å². The summed E-state index contributed by atoms with van der Waals surface area (Å²) in [5.41, 5.74) is 2.70. The molecule has 0 fully saturated rings. The maximum absolute atomic E-state index is 13.0. The van der Waals surface area contributed by atoms with Crippen molar-refractivity contribution >= 4 is 33.4 Å². The molecule has 0 aliphatic carbocycles. The van der Waals surface area contributed by atoms with Crippen LogP contribution in [0.1, 0.15) is 22.4 Å². The number of hydrogen-bond donors (Lipinski definition) is 1. The number of nitrogens with zero attached hydrogens (tertiary/aromatic N) is 3. The average Bonchev–Trinajstić information content (AvgIpc) is 3.20. The second kappa shape index (κ2) is 7.95. The molecule has 3 aromatic carbocycles. The van der Waals surface area contributed by atoms with Gasteiger partial charge in [-0.05, 0) is 54.8 Å². The van der Waals surface area contributed by atoms with Gasteiger partial charge in [-0.15, -0.1) is 10.2 Å². The molecule has 2 aromatic heterocycles. The third-order valence-corrected chi connectivity index (χ3v) is 5.11. The lowest BCUT2D eigenvalue weighted by Gasteiger charge is -2.09. The highest BCUT2D eigenvalue weighted by Gasteiger charge is 2.30. The molecule has 0 radical (unpaired) electrons. The Hall–Kier alpha value is -4.38. The number of aryl methyl sites for hydroxylation is 1. The van der Waals surface area contributed by atoms with Gasteiger partial charge in [-0.2, -0.15) is 13.2 Å². The largest absolute Gasteiger partial charge is 0.416 e. The van der Waals surface area contributed by atoms with Gasteiger partial charge in [-0.3, -0.25) is 0 Å². The molecule has 5 nitrogen and oxygen atoms in total. The van der Waals surface area contributed by atoms with Crippen molar-refractivity contribution in [2.75, 3.05) is 5.32 Å². The first-order chi connectivity index (χ1) is 15.9. The molecule has 0 aliphatic heterocycles. The summed E-state index contributed by atoms with van der Waals surface area (Å²) in [6, 6.07) is 18.0. The van der Waals surface area contributed by atoms with Crippen molar-refractivity contribution in [2.24, 2.45) is 0 Å². The third kappa shape index (κ3) is 4.08. The molecule has 33 heavy (non-hydrogen) atoms. The van der Waals surface area contributed by atoms with E-state index in [0.29, 0.717) is 28.0 Å². The van der Waals surface area contributed by atoms with Crippen molar-refractivity contribution in [1.82, 2.24) is 15.4 Å². The second-order valence-electron chi connectivity index (χ2n) is 7.41. The maximum atomic E-state index is 13.0. The molecule has 8 heteroatoms. The average molecular weight is 444 g/mol. The maximum Gasteiger partial charge on any atom is 0.416 e. The minimum absolute atomic E-state index is 0.250. The Bertz CT molecular complexity index is 1560. The van der Waals surface area contributed by atoms with E-state index in [0.717, 1.165) is 28.6 Å². The first-order valence-corrected chi connectivity index (χ1v) is 9.96. The van der Waals surface area contributed by atoms with Crippen LogP contribution in [-0.4, -0.2) is 15.4 Å². The van der Waals surface area contributed by atoms with Gasteiger partial charge < -0.3 is 9.84 Å². The number of benzene rings is 3. The fourth-order valence-corrected chi connectivity index (χ4v) is 3.43. The van der Waals surface area contributed by atoms with Crippen LogP contribution in [0.25, 0.3) is 21.9 Å². The Morgan fingerprint density at radius 1 is 0.909 bits per heavy atom. The van der Waals surface area contributed by atoms with Crippen LogP contribution in [0.3, 0.4) is 0 Å². The summed E-state index contributed by atoms with van der Waals surface area (Å²) in [6.07, 6.45) is -4.44. The van der Waals surface area contributed by atoms with Gasteiger partial charge in [0.1, 0.15) is 5.69 Å². The fourth-order valence-electron chi connectivity index (χ4n) is 3.43. The molecular formula is C25H15F3N4O. The third-order valence-electron chi connectivity index (χ3n) is 5.11. The van der Waals surface area contributed by atoms with Crippen LogP contribution in [0, 0.1) is 18.8 Å². The van der Waals surface area contributed by atoms with Crippen LogP contribution in [0.5, 0.6) is 0 Å². The lowest BCUT2D eigenvalue weighted by atomic mass is 10.1. The Balaban J connectivity index is 1.51. The quantitative estimate of drug-likeness (QED) is 0.327. The van der Waals surface area contributed by atoms with E-state index in [4.69, 9.17) is 4.52 Å². The number of anilines is 2. The number of rotatable bonds is 2. The summed E-state index contributed by atoms with van der Waals surface area (Å²) in [6.45, 7) is 1.89. The number of alkyl halides is 3. The second-order valence-corrected chi connectivity index (χ2v) is 7.41. The van der Waals surface area contributed by atoms with E-state index in [1.807, 2.05) is 43.3 Å². The zero-order valence-corrected chi connectivity index (χ0v) is 17.2. The van der Waals surface area contributed by atoms with E-state index in [2.05, 4.69) is 32.5 Å². The SMILES string of the molecule is Cc1ccc2c(Nc3cccc(C(F)(F)F)c3)noc2c1C#Cc1cc2ccccc2nn1. The van der Waals surface area contributed by atoms with Crippen molar-refractivity contribution in [3.05, 3.63) is 89.1 Å². The molecule has 0 aliphatic rings. The highest BCUT2D eigenvalue weighted by atomic mass is 19.4. The van der Waals surface area contributed by atoms with Crippen LogP contribution in [0.15, 0.2) is 71.3 Å². The van der Waals surface area contributed by atoms with Crippen LogP contribution in [-0.2, 0) is 6.18 Å². The molecule has 5 rings (SSSR count). The zero-order valence-electron chi connectivity index (χ0n) is 17.2. The summed E-state index contributed by atoms with van der Waals surface area (Å²) < 4.78 is 44.6. The van der Waals surface area contributed by atoms with E-state index in [-0.39, 0.29) is 5.69 Å². The topological polar surface area (TPSA) is 63.8 Å². The van der Waals surface area contributed by atoms with Gasteiger partial charge in [0.2, 0.25) is 0 Å². The van der Waals surface area contributed by atoms with E-state index in [9.17, 15) is 13.2 Å². The van der Waals surface area contributed by atoms with Gasteiger partial charge in [0.05, 0.1) is 22.0 Å². The minimum atomic E-state index is -4.44. The molecule has 2 heterocycles. The summed E-state index contributed by atoms with van der Waals surface area (Å²) in [4.78, 5) is 0. The number of fused-ring (bicyclic) bond motifs is 2. The van der Waals surface area contributed by atoms with Gasteiger partial charge in [-0.1, -0.05) is 41.4 Å². The fraction of sp³-hybridized carbons (Fsp3) is 0.0800. The Morgan fingerprint density at radius 2 is 1.76 bits per heavy atom. The number of aromatic nitrogens is 3. The van der Waals surface area contributed by atoms with Gasteiger partial charge >= 0.3 is 6.18 Å². The van der Waals surface area contributed by atoms with Crippen LogP contribution < -0.4 is 5.32 Å². The van der Waals surface area contributed by atoms with Gasteiger partial charge in [-0.25, -0.2) is 0 Å². The zero-order chi connectivity index (χ0) is 23.0. The highest BCUT2D eigenvalue weighted by Crippen LogP contribution is 2.33. The van der Waals surface area contributed by atoms with Crippen molar-refractivity contribution in [1.29, 1.82) is 0 Å². The number of halogens is 3. The van der Waals surface area contributed by atoms with Gasteiger partial charge in [0.25, 0.3) is 0 Å². The van der Waals surface area contributed by atoms with E-state index < -0.39 is 11.7 Å². The molecule has 0 saturated carbocycles. The minimum Gasteiger partial charge on any atom is -0.353 e. The normalized spacial score (nSPS) is 11.4. The summed E-state index contributed by atoms with van der Waals surface area (Å²) in [5, 5.41) is 16.8. The molecule has 0 amide bonds. The number of nitrogens with one attached hydrogen (secondary N) is 1. The van der Waals surface area contributed by atoms with E-state index in [1.54, 1.807) is 6.07 Å². The van der Waals surface area contributed by atoms with Crippen molar-refractivity contribution in [3.63, 3.8) is 0 Å². The Kier molecular flexibility index (Phi) is 4.94. The van der Waals surface area contributed by atoms with Crippen molar-refractivity contribution in [2.45, 2.75) is 13.1 Å². The van der Waals surface area contributed by atoms with Crippen LogP contribution >= 0.6 is 0 Å². The summed E-state index contributed by atoms with van der Waals surface area (Å²) >= 11 is 0. The predicted octanol–water partition coefficient (Wildman–Crippen LogP) is 6.24. The van der Waals surface area contributed by atoms with E-state index >= 15 is 0 Å². The molecule has 1 N–H and O–H groups in total. The van der Waals surface area contributed by atoms with Crippen molar-refractivity contribution < 1.29 is 17.7 Å². The standard InChI is InChI=1S/C25H15F3N4O/c1-15-9-11-21-23(20(15)12-10-19-13-16-5-2-3-8-22(16)31-30-19)33-32-24(21)29-18-7-4-6-17(14-18)25(26,27)28/h2-9,11,13-14H,1H3,(H,29,32). The number of hydrogen-bond acceptors (Lipinski definition) is 5. The molecule has 162 valence electrons. The summed E-state index contributed by atoms with van der Waals surface area (Å²) in [7, 11) is 0. The van der Waals surface area contributed by atoms with Gasteiger partial charge in [0.15, 0.2) is 11.4 Å². The molecule has 0 spiro atoms. The molecular weight excluding hydrogens is 429 g/mol. The van der Waals surface area contributed by atoms with Gasteiger partial charge in [0, 0.05) is 11.1 Å². The molecule has 0 atom stereocenters. The monoisotopic (exact) mass is 444 g/mol. The lowest BCUT2D eigenvalue weighted by Crippen LogP contribution is -2.05. The molecule has 5 aromatic rings. The van der Waals surface area contributed by atoms with Crippen molar-refractivity contribution in [3.8, 4) is 11.8 Å². The van der Waals surface area contributed by atoms with E-state index in [1.165, 1.54) is 12.1 Å². The smallest absolute Gasteiger partial charge is 0.353 e. The predicted molar refractivity (Wildman–Crippen MR) is 119 cm³/mol.